The zero-order chi connectivity index (χ0) is 33.7. The van der Waals surface area contributed by atoms with E-state index < -0.39 is 18.0 Å². The molecule has 5 rings (SSSR count). The van der Waals surface area contributed by atoms with Crippen LogP contribution in [-0.2, 0) is 16.1 Å². The lowest BCUT2D eigenvalue weighted by Gasteiger charge is -2.27. The first-order chi connectivity index (χ1) is 22.7. The van der Waals surface area contributed by atoms with Gasteiger partial charge in [0.15, 0.2) is 16.3 Å². The van der Waals surface area contributed by atoms with Gasteiger partial charge in [0.05, 0.1) is 42.2 Å². The number of ether oxygens (including phenoxy) is 4. The number of carbonyl (C=O) groups is 2. The fourth-order valence-corrected chi connectivity index (χ4v) is 6.73. The molecule has 0 fully saturated rings. The molecular formula is C35H33BrN2O8S. The molecule has 0 saturated carbocycles. The van der Waals surface area contributed by atoms with E-state index in [9.17, 15) is 19.5 Å². The van der Waals surface area contributed by atoms with E-state index in [0.29, 0.717) is 61.0 Å². The van der Waals surface area contributed by atoms with Gasteiger partial charge in [-0.05, 0) is 73.0 Å². The van der Waals surface area contributed by atoms with Gasteiger partial charge >= 0.3 is 11.9 Å². The largest absolute Gasteiger partial charge is 0.496 e. The normalized spacial score (nSPS) is 14.3. The second-order valence-electron chi connectivity index (χ2n) is 10.5. The van der Waals surface area contributed by atoms with E-state index in [2.05, 4.69) is 15.9 Å². The monoisotopic (exact) mass is 720 g/mol. The van der Waals surface area contributed by atoms with E-state index in [0.717, 1.165) is 10.9 Å². The van der Waals surface area contributed by atoms with Gasteiger partial charge in [-0.2, -0.15) is 0 Å². The smallest absolute Gasteiger partial charge is 0.338 e. The number of esters is 1. The maximum atomic E-state index is 14.2. The molecule has 1 aromatic heterocycles. The van der Waals surface area contributed by atoms with Gasteiger partial charge in [0.25, 0.3) is 5.56 Å². The molecule has 1 aliphatic rings. The Labute approximate surface area is 283 Å². The number of thiazole rings is 1. The molecule has 47 heavy (non-hydrogen) atoms. The predicted molar refractivity (Wildman–Crippen MR) is 181 cm³/mol. The zero-order valence-electron chi connectivity index (χ0n) is 26.2. The maximum absolute atomic E-state index is 14.2. The molecule has 2 heterocycles. The summed E-state index contributed by atoms with van der Waals surface area (Å²) in [5.41, 5.74) is 2.73. The highest BCUT2D eigenvalue weighted by Gasteiger charge is 2.36. The van der Waals surface area contributed by atoms with Crippen molar-refractivity contribution < 1.29 is 33.6 Å². The number of fused-ring (bicyclic) bond motifs is 1. The van der Waals surface area contributed by atoms with E-state index in [-0.39, 0.29) is 24.3 Å². The number of carbonyl (C=O) groups excluding carboxylic acids is 1. The van der Waals surface area contributed by atoms with Crippen LogP contribution in [0.15, 0.2) is 86.2 Å². The molecule has 0 aliphatic carbocycles. The van der Waals surface area contributed by atoms with Crippen molar-refractivity contribution in [2.75, 3.05) is 20.8 Å². The summed E-state index contributed by atoms with van der Waals surface area (Å²) in [6.45, 7) is 4.05. The summed E-state index contributed by atoms with van der Waals surface area (Å²) in [6, 6.07) is 16.4. The van der Waals surface area contributed by atoms with Gasteiger partial charge in [0, 0.05) is 10.0 Å². The van der Waals surface area contributed by atoms with E-state index in [1.54, 1.807) is 62.6 Å². The maximum Gasteiger partial charge on any atom is 0.338 e. The van der Waals surface area contributed by atoms with Crippen molar-refractivity contribution in [1.82, 2.24) is 4.57 Å². The molecule has 0 amide bonds. The van der Waals surface area contributed by atoms with Gasteiger partial charge in [-0.25, -0.2) is 14.6 Å². The standard InChI is InChI=1S/C35H33BrN2O8S/c1-5-8-25-30(34(42)45-6-2)31(24-18-23(36)12-14-26(24)43-3)38-32(39)29(47-35(38)37-25)17-20-11-13-27(28(16-20)44-4)46-19-21-9-7-10-22(15-21)33(40)41/h7,9-18,31H,5-6,8,19H2,1-4H3,(H,40,41)/b29-17+/t31-/m1/s1. The fraction of sp³-hybridized carbons (Fsp3) is 0.257. The number of methoxy groups -OCH3 is 2. The van der Waals surface area contributed by atoms with Crippen molar-refractivity contribution in [3.05, 3.63) is 118 Å². The molecule has 1 aliphatic heterocycles. The Morgan fingerprint density at radius 3 is 2.49 bits per heavy atom. The highest BCUT2D eigenvalue weighted by Crippen LogP contribution is 2.38. The minimum atomic E-state index is -1.01. The fourth-order valence-electron chi connectivity index (χ4n) is 5.33. The summed E-state index contributed by atoms with van der Waals surface area (Å²) in [7, 11) is 3.06. The third kappa shape index (κ3) is 7.18. The molecule has 4 aromatic rings. The second-order valence-corrected chi connectivity index (χ2v) is 12.4. The van der Waals surface area contributed by atoms with Crippen LogP contribution >= 0.6 is 27.3 Å². The van der Waals surface area contributed by atoms with E-state index in [1.165, 1.54) is 29.1 Å². The van der Waals surface area contributed by atoms with E-state index in [4.69, 9.17) is 23.9 Å². The van der Waals surface area contributed by atoms with Crippen molar-refractivity contribution in [2.45, 2.75) is 39.3 Å². The van der Waals surface area contributed by atoms with Crippen LogP contribution in [0.5, 0.6) is 17.2 Å². The Morgan fingerprint density at radius 1 is 1.02 bits per heavy atom. The third-order valence-corrected chi connectivity index (χ3v) is 8.91. The van der Waals surface area contributed by atoms with Gasteiger partial charge < -0.3 is 24.1 Å². The first-order valence-electron chi connectivity index (χ1n) is 14.9. The van der Waals surface area contributed by atoms with Crippen LogP contribution in [0.3, 0.4) is 0 Å². The molecule has 1 N–H and O–H groups in total. The van der Waals surface area contributed by atoms with Gasteiger partial charge in [-0.3, -0.25) is 9.36 Å². The predicted octanol–water partition coefficient (Wildman–Crippen LogP) is 5.64. The molecule has 244 valence electrons. The topological polar surface area (TPSA) is 126 Å². The average molecular weight is 722 g/mol. The number of benzene rings is 3. The van der Waals surface area contributed by atoms with Gasteiger partial charge in [-0.15, -0.1) is 0 Å². The quantitative estimate of drug-likeness (QED) is 0.187. The lowest BCUT2D eigenvalue weighted by atomic mass is 9.93. The molecule has 10 nitrogen and oxygen atoms in total. The minimum Gasteiger partial charge on any atom is -0.496 e. The molecule has 0 radical (unpaired) electrons. The van der Waals surface area contributed by atoms with Crippen molar-refractivity contribution in [2.24, 2.45) is 4.99 Å². The number of carboxylic acid groups (broad SMARTS) is 1. The van der Waals surface area contributed by atoms with Crippen molar-refractivity contribution >= 4 is 45.3 Å². The lowest BCUT2D eigenvalue weighted by molar-refractivity contribution is -0.139. The Balaban J connectivity index is 1.59. The van der Waals surface area contributed by atoms with Gasteiger partial charge in [0.2, 0.25) is 0 Å². The molecular weight excluding hydrogens is 688 g/mol. The summed E-state index contributed by atoms with van der Waals surface area (Å²) in [5.74, 6) is -0.136. The van der Waals surface area contributed by atoms with Crippen LogP contribution in [0.25, 0.3) is 6.08 Å². The van der Waals surface area contributed by atoms with Gasteiger partial charge in [0.1, 0.15) is 18.4 Å². The SMILES string of the molecule is CCCC1=C(C(=O)OCC)[C@@H](c2cc(Br)ccc2OC)n2c(s/c(=C/c3ccc(OCc4cccc(C(=O)O)c4)c(OC)c3)c2=O)=N1. The summed E-state index contributed by atoms with van der Waals surface area (Å²) < 4.78 is 25.4. The Morgan fingerprint density at radius 2 is 1.79 bits per heavy atom. The number of rotatable bonds is 12. The Kier molecular flexibility index (Phi) is 10.6. The third-order valence-electron chi connectivity index (χ3n) is 7.43. The van der Waals surface area contributed by atoms with Crippen LogP contribution in [0.2, 0.25) is 0 Å². The summed E-state index contributed by atoms with van der Waals surface area (Å²) in [4.78, 5) is 44.3. The zero-order valence-corrected chi connectivity index (χ0v) is 28.6. The number of halogens is 1. The van der Waals surface area contributed by atoms with Crippen LogP contribution in [0.1, 0.15) is 59.8 Å². The molecule has 3 aromatic carbocycles. The average Bonchev–Trinajstić information content (AvgIpc) is 3.37. The highest BCUT2D eigenvalue weighted by atomic mass is 79.9. The van der Waals surface area contributed by atoms with Crippen LogP contribution in [-0.4, -0.2) is 42.4 Å². The minimum absolute atomic E-state index is 0.136. The first kappa shape index (κ1) is 33.7. The van der Waals surface area contributed by atoms with E-state index in [1.807, 2.05) is 19.1 Å². The molecule has 0 unspecified atom stereocenters. The first-order valence-corrected chi connectivity index (χ1v) is 16.5. The Bertz CT molecular complexity index is 2050. The van der Waals surface area contributed by atoms with E-state index >= 15 is 0 Å². The number of aromatic nitrogens is 1. The number of hydrogen-bond acceptors (Lipinski definition) is 9. The van der Waals surface area contributed by atoms with Gasteiger partial charge in [-0.1, -0.05) is 58.8 Å². The molecule has 0 bridgehead atoms. The molecule has 1 atom stereocenters. The van der Waals surface area contributed by atoms with Crippen LogP contribution in [0, 0.1) is 0 Å². The van der Waals surface area contributed by atoms with Crippen molar-refractivity contribution in [3.63, 3.8) is 0 Å². The molecule has 12 heteroatoms. The molecule has 0 spiro atoms. The summed E-state index contributed by atoms with van der Waals surface area (Å²) >= 11 is 4.77. The Hall–Kier alpha value is -4.68. The highest BCUT2D eigenvalue weighted by molar-refractivity contribution is 9.10. The summed E-state index contributed by atoms with van der Waals surface area (Å²) in [6.07, 6.45) is 3.00. The molecule has 0 saturated heterocycles. The number of allylic oxidation sites excluding steroid dienone is 1. The summed E-state index contributed by atoms with van der Waals surface area (Å²) in [5, 5.41) is 9.28. The lowest BCUT2D eigenvalue weighted by Crippen LogP contribution is -2.40. The number of hydrogen-bond donors (Lipinski definition) is 1. The van der Waals surface area contributed by atoms with Crippen LogP contribution in [0.4, 0.5) is 0 Å². The van der Waals surface area contributed by atoms with Crippen molar-refractivity contribution in [3.8, 4) is 17.2 Å². The van der Waals surface area contributed by atoms with Crippen LogP contribution < -0.4 is 29.1 Å². The van der Waals surface area contributed by atoms with Crippen molar-refractivity contribution in [1.29, 1.82) is 0 Å². The second kappa shape index (κ2) is 14.8. The number of aromatic carboxylic acids is 1. The number of carboxylic acids is 1. The number of nitrogens with zero attached hydrogens (tertiary/aromatic N) is 2.